The number of nitrogens with zero attached hydrogens (tertiary/aromatic N) is 1. The van der Waals surface area contributed by atoms with Crippen molar-refractivity contribution < 1.29 is 0 Å². The topological polar surface area (TPSA) is 3.24 Å². The van der Waals surface area contributed by atoms with Crippen LogP contribution in [0.25, 0.3) is 0 Å². The lowest BCUT2D eigenvalue weighted by molar-refractivity contribution is 0.647. The summed E-state index contributed by atoms with van der Waals surface area (Å²) >= 11 is 5.74. The summed E-state index contributed by atoms with van der Waals surface area (Å²) in [6.07, 6.45) is 1.14. The number of benzene rings is 1. The van der Waals surface area contributed by atoms with E-state index in [-0.39, 0.29) is 0 Å². The molecule has 1 aromatic rings. The minimum Gasteiger partial charge on any atom is -0.361 e. The van der Waals surface area contributed by atoms with Crippen molar-refractivity contribution in [2.45, 2.75) is 20.3 Å². The van der Waals surface area contributed by atoms with Crippen molar-refractivity contribution in [2.24, 2.45) is 5.92 Å². The molecule has 0 aliphatic rings. The Labute approximate surface area is 91.7 Å². The maximum atomic E-state index is 5.74. The van der Waals surface area contributed by atoms with E-state index in [2.05, 4.69) is 38.1 Å². The zero-order valence-corrected chi connectivity index (χ0v) is 9.88. The first-order valence-corrected chi connectivity index (χ1v) is 5.53. The molecule has 0 aliphatic heterocycles. The van der Waals surface area contributed by atoms with Gasteiger partial charge in [0.25, 0.3) is 0 Å². The lowest BCUT2D eigenvalue weighted by Crippen LogP contribution is -2.13. The number of halogens is 1. The van der Waals surface area contributed by atoms with Crippen LogP contribution >= 0.6 is 11.6 Å². The van der Waals surface area contributed by atoms with E-state index >= 15 is 0 Å². The van der Waals surface area contributed by atoms with Gasteiger partial charge in [-0.15, -0.1) is 11.6 Å². The molecule has 1 rings (SSSR count). The summed E-state index contributed by atoms with van der Waals surface area (Å²) in [6.45, 7) is 4.47. The molecule has 0 radical (unpaired) electrons. The zero-order valence-electron chi connectivity index (χ0n) is 9.13. The Balaban J connectivity index is 2.68. The molecule has 1 nitrogen and oxygen atoms in total. The third-order valence-electron chi connectivity index (χ3n) is 2.20. The quantitative estimate of drug-likeness (QED) is 0.544. The molecule has 0 atom stereocenters. The number of alkyl halides is 1. The summed E-state index contributed by atoms with van der Waals surface area (Å²) in [4.78, 5) is 2.01. The first-order chi connectivity index (χ1) is 6.63. The van der Waals surface area contributed by atoms with Gasteiger partial charge in [0.05, 0.1) is 6.00 Å². The minimum atomic E-state index is 0.531. The molecule has 0 unspecified atom stereocenters. The second-order valence-corrected chi connectivity index (χ2v) is 4.32. The van der Waals surface area contributed by atoms with Crippen LogP contribution in [0.5, 0.6) is 0 Å². The fourth-order valence-electron chi connectivity index (χ4n) is 1.43. The monoisotopic (exact) mass is 211 g/mol. The van der Waals surface area contributed by atoms with Gasteiger partial charge in [-0.3, -0.25) is 0 Å². The van der Waals surface area contributed by atoms with Gasteiger partial charge in [-0.25, -0.2) is 0 Å². The highest BCUT2D eigenvalue weighted by atomic mass is 35.5. The number of anilines is 1. The third-order valence-corrected chi connectivity index (χ3v) is 2.56. The fourth-order valence-corrected chi connectivity index (χ4v) is 1.56. The average Bonchev–Trinajstić information content (AvgIpc) is 2.17. The molecule has 1 aromatic carbocycles. The summed E-state index contributed by atoms with van der Waals surface area (Å²) in [5, 5.41) is 0. The highest BCUT2D eigenvalue weighted by Gasteiger charge is 2.00. The highest BCUT2D eigenvalue weighted by molar-refractivity contribution is 6.18. The van der Waals surface area contributed by atoms with Gasteiger partial charge in [0, 0.05) is 12.7 Å². The molecule has 0 aromatic heterocycles. The summed E-state index contributed by atoms with van der Waals surface area (Å²) in [5.41, 5.74) is 2.57. The Kier molecular flexibility index (Phi) is 4.27. The molecule has 0 bridgehead atoms. The van der Waals surface area contributed by atoms with Crippen LogP contribution < -0.4 is 4.90 Å². The number of rotatable bonds is 4. The van der Waals surface area contributed by atoms with Crippen LogP contribution in [0.15, 0.2) is 24.3 Å². The van der Waals surface area contributed by atoms with Crippen LogP contribution in [0.3, 0.4) is 0 Å². The molecule has 14 heavy (non-hydrogen) atoms. The van der Waals surface area contributed by atoms with Crippen LogP contribution in [0.1, 0.15) is 19.4 Å². The Morgan fingerprint density at radius 1 is 1.21 bits per heavy atom. The van der Waals surface area contributed by atoms with Crippen molar-refractivity contribution in [3.05, 3.63) is 29.8 Å². The highest BCUT2D eigenvalue weighted by Crippen LogP contribution is 2.16. The van der Waals surface area contributed by atoms with E-state index in [0.29, 0.717) is 11.9 Å². The van der Waals surface area contributed by atoms with E-state index in [0.717, 1.165) is 6.42 Å². The summed E-state index contributed by atoms with van der Waals surface area (Å²) in [5.74, 6) is 0.714. The summed E-state index contributed by atoms with van der Waals surface area (Å²) in [6, 6.07) is 9.14. The Hall–Kier alpha value is -0.690. The normalized spacial score (nSPS) is 10.6. The molecule has 0 heterocycles. The van der Waals surface area contributed by atoms with Gasteiger partial charge in [-0.2, -0.15) is 0 Å². The van der Waals surface area contributed by atoms with Crippen LogP contribution in [0, 0.1) is 5.92 Å². The SMILES string of the molecule is CC(C)Cc1ccc(N(C)CCl)cc1. The van der Waals surface area contributed by atoms with E-state index in [1.807, 2.05) is 11.9 Å². The van der Waals surface area contributed by atoms with Crippen LogP contribution in [-0.2, 0) is 6.42 Å². The van der Waals surface area contributed by atoms with Gasteiger partial charge in [0.1, 0.15) is 0 Å². The van der Waals surface area contributed by atoms with Gasteiger partial charge >= 0.3 is 0 Å². The second kappa shape index (κ2) is 5.26. The first kappa shape index (κ1) is 11.4. The van der Waals surface area contributed by atoms with Gasteiger partial charge in [0.2, 0.25) is 0 Å². The molecule has 78 valence electrons. The summed E-state index contributed by atoms with van der Waals surface area (Å²) in [7, 11) is 1.99. The van der Waals surface area contributed by atoms with Gasteiger partial charge in [-0.1, -0.05) is 26.0 Å². The lowest BCUT2D eigenvalue weighted by atomic mass is 10.0. The molecule has 0 saturated heterocycles. The molecule has 2 heteroatoms. The smallest absolute Gasteiger partial charge is 0.0925 e. The van der Waals surface area contributed by atoms with Crippen molar-refractivity contribution >= 4 is 17.3 Å². The first-order valence-electron chi connectivity index (χ1n) is 4.99. The van der Waals surface area contributed by atoms with Gasteiger partial charge < -0.3 is 4.90 Å². The third kappa shape index (κ3) is 3.22. The Morgan fingerprint density at radius 3 is 2.21 bits per heavy atom. The summed E-state index contributed by atoms with van der Waals surface area (Å²) < 4.78 is 0. The Morgan fingerprint density at radius 2 is 1.79 bits per heavy atom. The lowest BCUT2D eigenvalue weighted by Gasteiger charge is -2.15. The molecule has 0 N–H and O–H groups in total. The molecule has 0 amide bonds. The van der Waals surface area contributed by atoms with Gasteiger partial charge in [0.15, 0.2) is 0 Å². The minimum absolute atomic E-state index is 0.531. The van der Waals surface area contributed by atoms with Crippen molar-refractivity contribution in [3.8, 4) is 0 Å². The average molecular weight is 212 g/mol. The van der Waals surface area contributed by atoms with Crippen LogP contribution in [0.2, 0.25) is 0 Å². The van der Waals surface area contributed by atoms with E-state index in [1.165, 1.54) is 11.3 Å². The van der Waals surface area contributed by atoms with E-state index in [1.54, 1.807) is 0 Å². The fraction of sp³-hybridized carbons (Fsp3) is 0.500. The standard InChI is InChI=1S/C12H18ClN/c1-10(2)8-11-4-6-12(7-5-11)14(3)9-13/h4-7,10H,8-9H2,1-3H3. The van der Waals surface area contributed by atoms with Crippen molar-refractivity contribution in [2.75, 3.05) is 18.0 Å². The Bertz CT molecular complexity index is 266. The zero-order chi connectivity index (χ0) is 10.6. The van der Waals surface area contributed by atoms with E-state index < -0.39 is 0 Å². The molecule has 0 saturated carbocycles. The van der Waals surface area contributed by atoms with Crippen LogP contribution in [-0.4, -0.2) is 13.1 Å². The van der Waals surface area contributed by atoms with Gasteiger partial charge in [-0.05, 0) is 30.0 Å². The predicted octanol–water partition coefficient (Wildman–Crippen LogP) is 3.52. The van der Waals surface area contributed by atoms with Crippen LogP contribution in [0.4, 0.5) is 5.69 Å². The predicted molar refractivity (Wildman–Crippen MR) is 64.1 cm³/mol. The second-order valence-electron chi connectivity index (χ2n) is 4.08. The maximum Gasteiger partial charge on any atom is 0.0925 e. The molecule has 0 spiro atoms. The molecular weight excluding hydrogens is 194 g/mol. The van der Waals surface area contributed by atoms with E-state index in [9.17, 15) is 0 Å². The molecule has 0 fully saturated rings. The number of hydrogen-bond acceptors (Lipinski definition) is 1. The van der Waals surface area contributed by atoms with Crippen molar-refractivity contribution in [1.29, 1.82) is 0 Å². The number of hydrogen-bond donors (Lipinski definition) is 0. The maximum absolute atomic E-state index is 5.74. The largest absolute Gasteiger partial charge is 0.361 e. The van der Waals surface area contributed by atoms with Crippen molar-refractivity contribution in [1.82, 2.24) is 0 Å². The van der Waals surface area contributed by atoms with E-state index in [4.69, 9.17) is 11.6 Å². The van der Waals surface area contributed by atoms with Crippen molar-refractivity contribution in [3.63, 3.8) is 0 Å². The molecular formula is C12H18ClN. The molecule has 0 aliphatic carbocycles.